The van der Waals surface area contributed by atoms with Crippen LogP contribution in [-0.4, -0.2) is 0 Å². The fraction of sp³-hybridized carbons (Fsp3) is 0.111. The van der Waals surface area contributed by atoms with E-state index in [9.17, 15) is 0 Å². The highest BCUT2D eigenvalue weighted by atomic mass is 14.8. The van der Waals surface area contributed by atoms with Gasteiger partial charge < -0.3 is 5.32 Å². The van der Waals surface area contributed by atoms with Gasteiger partial charge >= 0.3 is 0 Å². The van der Waals surface area contributed by atoms with E-state index in [4.69, 9.17) is 10.5 Å². The number of benzene rings is 2. The molecule has 0 aliphatic heterocycles. The van der Waals surface area contributed by atoms with Crippen molar-refractivity contribution < 1.29 is 0 Å². The van der Waals surface area contributed by atoms with Crippen LogP contribution in [0, 0.1) is 36.5 Å². The maximum Gasteiger partial charge on any atom is 0.145 e. The van der Waals surface area contributed by atoms with Gasteiger partial charge in [0.15, 0.2) is 0 Å². The second kappa shape index (κ2) is 6.41. The molecule has 2 rings (SSSR count). The Morgan fingerprint density at radius 1 is 0.952 bits per heavy atom. The lowest BCUT2D eigenvalue weighted by atomic mass is 10.0. The molecule has 21 heavy (non-hydrogen) atoms. The summed E-state index contributed by atoms with van der Waals surface area (Å²) in [6.07, 6.45) is 1.42. The number of hydrogen-bond donors (Lipinski definition) is 1. The highest BCUT2D eigenvalue weighted by Gasteiger charge is 2.01. The summed E-state index contributed by atoms with van der Waals surface area (Å²) < 4.78 is 0. The lowest BCUT2D eigenvalue weighted by molar-refractivity contribution is 1.34. The standard InChI is InChI=1S/C18H15N3/c1-13-6-7-17(8-14(13)2)16-4-3-5-18(9-16)21-12-15(10-19)11-20/h3-9,12,21H,1-2H3. The zero-order valence-corrected chi connectivity index (χ0v) is 12.0. The molecule has 0 spiro atoms. The van der Waals surface area contributed by atoms with Gasteiger partial charge in [-0.3, -0.25) is 0 Å². The average Bonchev–Trinajstić information content (AvgIpc) is 2.51. The molecule has 0 atom stereocenters. The fourth-order valence-corrected chi connectivity index (χ4v) is 1.95. The summed E-state index contributed by atoms with van der Waals surface area (Å²) in [5, 5.41) is 20.4. The maximum atomic E-state index is 8.71. The molecule has 0 bridgehead atoms. The third-order valence-corrected chi connectivity index (χ3v) is 3.33. The Hall–Kier alpha value is -3.04. The Kier molecular flexibility index (Phi) is 4.39. The first-order chi connectivity index (χ1) is 10.1. The van der Waals surface area contributed by atoms with Gasteiger partial charge in [-0.2, -0.15) is 10.5 Å². The monoisotopic (exact) mass is 273 g/mol. The Labute approximate surface area is 124 Å². The number of nitrogens with one attached hydrogen (secondary N) is 1. The van der Waals surface area contributed by atoms with Crippen molar-refractivity contribution in [1.82, 2.24) is 0 Å². The van der Waals surface area contributed by atoms with E-state index in [1.54, 1.807) is 0 Å². The number of allylic oxidation sites excluding steroid dienone is 1. The average molecular weight is 273 g/mol. The smallest absolute Gasteiger partial charge is 0.145 e. The second-order valence-electron chi connectivity index (χ2n) is 4.81. The summed E-state index contributed by atoms with van der Waals surface area (Å²) in [5.74, 6) is 0. The molecule has 0 fully saturated rings. The molecular weight excluding hydrogens is 258 g/mol. The topological polar surface area (TPSA) is 59.6 Å². The van der Waals surface area contributed by atoms with Crippen LogP contribution in [0.2, 0.25) is 0 Å². The van der Waals surface area contributed by atoms with Crippen LogP contribution in [0.3, 0.4) is 0 Å². The van der Waals surface area contributed by atoms with Crippen LogP contribution < -0.4 is 5.32 Å². The van der Waals surface area contributed by atoms with Crippen molar-refractivity contribution in [3.05, 3.63) is 65.4 Å². The molecule has 1 N–H and O–H groups in total. The summed E-state index contributed by atoms with van der Waals surface area (Å²) in [5.41, 5.74) is 5.64. The summed E-state index contributed by atoms with van der Waals surface area (Å²) in [6.45, 7) is 4.18. The number of anilines is 1. The largest absolute Gasteiger partial charge is 0.360 e. The highest BCUT2D eigenvalue weighted by Crippen LogP contribution is 2.24. The van der Waals surface area contributed by atoms with Gasteiger partial charge in [-0.15, -0.1) is 0 Å². The minimum atomic E-state index is 0.0478. The first kappa shape index (κ1) is 14.4. The first-order valence-electron chi connectivity index (χ1n) is 6.58. The molecule has 3 nitrogen and oxygen atoms in total. The van der Waals surface area contributed by atoms with Gasteiger partial charge in [0.25, 0.3) is 0 Å². The van der Waals surface area contributed by atoms with E-state index in [0.29, 0.717) is 0 Å². The van der Waals surface area contributed by atoms with Gasteiger partial charge in [-0.25, -0.2) is 0 Å². The van der Waals surface area contributed by atoms with Crippen LogP contribution in [0.15, 0.2) is 54.2 Å². The molecule has 0 aromatic heterocycles. The van der Waals surface area contributed by atoms with Crippen molar-refractivity contribution in [2.45, 2.75) is 13.8 Å². The van der Waals surface area contributed by atoms with Gasteiger partial charge in [0.2, 0.25) is 0 Å². The van der Waals surface area contributed by atoms with E-state index in [-0.39, 0.29) is 5.57 Å². The van der Waals surface area contributed by atoms with E-state index in [1.807, 2.05) is 36.4 Å². The third kappa shape index (κ3) is 3.49. The summed E-state index contributed by atoms with van der Waals surface area (Å²) in [6, 6.07) is 17.9. The third-order valence-electron chi connectivity index (χ3n) is 3.33. The quantitative estimate of drug-likeness (QED) is 0.847. The van der Waals surface area contributed by atoms with Crippen molar-refractivity contribution in [2.24, 2.45) is 0 Å². The molecule has 0 aliphatic carbocycles. The molecule has 102 valence electrons. The molecule has 0 aliphatic rings. The van der Waals surface area contributed by atoms with E-state index in [2.05, 4.69) is 37.4 Å². The Bertz CT molecular complexity index is 758. The number of aryl methyl sites for hydroxylation is 2. The SMILES string of the molecule is Cc1ccc(-c2cccc(NC=C(C#N)C#N)c2)cc1C. The Morgan fingerprint density at radius 3 is 2.33 bits per heavy atom. The molecule has 2 aromatic rings. The van der Waals surface area contributed by atoms with Crippen molar-refractivity contribution in [2.75, 3.05) is 5.32 Å². The zero-order chi connectivity index (χ0) is 15.2. The van der Waals surface area contributed by atoms with Crippen LogP contribution >= 0.6 is 0 Å². The summed E-state index contributed by atoms with van der Waals surface area (Å²) in [4.78, 5) is 0. The molecule has 0 saturated carbocycles. The van der Waals surface area contributed by atoms with Gasteiger partial charge in [-0.1, -0.05) is 30.3 Å². The van der Waals surface area contributed by atoms with Crippen LogP contribution in [0.1, 0.15) is 11.1 Å². The van der Waals surface area contributed by atoms with Crippen LogP contribution in [0.4, 0.5) is 5.69 Å². The number of rotatable bonds is 3. The maximum absolute atomic E-state index is 8.71. The first-order valence-corrected chi connectivity index (χ1v) is 6.58. The van der Waals surface area contributed by atoms with Crippen molar-refractivity contribution >= 4 is 5.69 Å². The zero-order valence-electron chi connectivity index (χ0n) is 12.0. The molecule has 0 radical (unpaired) electrons. The Morgan fingerprint density at radius 2 is 1.67 bits per heavy atom. The molecular formula is C18H15N3. The molecule has 0 amide bonds. The molecule has 3 heteroatoms. The van der Waals surface area contributed by atoms with E-state index < -0.39 is 0 Å². The van der Waals surface area contributed by atoms with Crippen LogP contribution in [0.5, 0.6) is 0 Å². The van der Waals surface area contributed by atoms with Gasteiger partial charge in [0.1, 0.15) is 17.7 Å². The van der Waals surface area contributed by atoms with Crippen LogP contribution in [0.25, 0.3) is 11.1 Å². The van der Waals surface area contributed by atoms with Gasteiger partial charge in [0.05, 0.1) is 0 Å². The van der Waals surface area contributed by atoms with E-state index in [0.717, 1.165) is 16.8 Å². The fourth-order valence-electron chi connectivity index (χ4n) is 1.95. The Balaban J connectivity index is 2.30. The van der Waals surface area contributed by atoms with Crippen LogP contribution in [-0.2, 0) is 0 Å². The number of hydrogen-bond acceptors (Lipinski definition) is 3. The molecule has 0 unspecified atom stereocenters. The van der Waals surface area contributed by atoms with Gasteiger partial charge in [-0.05, 0) is 48.2 Å². The van der Waals surface area contributed by atoms with E-state index >= 15 is 0 Å². The molecule has 2 aromatic carbocycles. The summed E-state index contributed by atoms with van der Waals surface area (Å²) >= 11 is 0. The number of nitrogens with zero attached hydrogens (tertiary/aromatic N) is 2. The number of nitriles is 2. The van der Waals surface area contributed by atoms with Crippen molar-refractivity contribution in [1.29, 1.82) is 10.5 Å². The highest BCUT2D eigenvalue weighted by molar-refractivity contribution is 5.69. The lowest BCUT2D eigenvalue weighted by Gasteiger charge is -2.08. The normalized spacial score (nSPS) is 9.33. The minimum absolute atomic E-state index is 0.0478. The van der Waals surface area contributed by atoms with Gasteiger partial charge in [0, 0.05) is 11.9 Å². The second-order valence-corrected chi connectivity index (χ2v) is 4.81. The lowest BCUT2D eigenvalue weighted by Crippen LogP contribution is -1.90. The van der Waals surface area contributed by atoms with Crippen molar-refractivity contribution in [3.8, 4) is 23.3 Å². The predicted octanol–water partition coefficient (Wildman–Crippen LogP) is 4.31. The molecule has 0 heterocycles. The van der Waals surface area contributed by atoms with Crippen molar-refractivity contribution in [3.63, 3.8) is 0 Å². The minimum Gasteiger partial charge on any atom is -0.360 e. The summed E-state index contributed by atoms with van der Waals surface area (Å²) in [7, 11) is 0. The predicted molar refractivity (Wildman–Crippen MR) is 84.3 cm³/mol. The van der Waals surface area contributed by atoms with E-state index in [1.165, 1.54) is 17.3 Å². The molecule has 0 saturated heterocycles.